The second kappa shape index (κ2) is 7.01. The van der Waals surface area contributed by atoms with Crippen molar-refractivity contribution in [3.05, 3.63) is 107 Å². The molecule has 3 rings (SSSR count). The van der Waals surface area contributed by atoms with Crippen LogP contribution in [0.5, 0.6) is 0 Å². The Labute approximate surface area is 135 Å². The van der Waals surface area contributed by atoms with Crippen LogP contribution in [0, 0.1) is 5.82 Å². The zero-order chi connectivity index (χ0) is 16.1. The Bertz CT molecular complexity index is 764. The first-order valence-corrected chi connectivity index (χ1v) is 7.62. The Morgan fingerprint density at radius 2 is 1.26 bits per heavy atom. The minimum atomic E-state index is -0.269. The summed E-state index contributed by atoms with van der Waals surface area (Å²) in [5.74, 6) is -0.261. The lowest BCUT2D eigenvalue weighted by atomic mass is 9.86. The van der Waals surface area contributed by atoms with Gasteiger partial charge in [-0.1, -0.05) is 72.8 Å². The summed E-state index contributed by atoms with van der Waals surface area (Å²) >= 11 is 0. The maximum atomic E-state index is 13.2. The predicted molar refractivity (Wildman–Crippen MR) is 90.1 cm³/mol. The minimum Gasteiger partial charge on any atom is -0.294 e. The fourth-order valence-corrected chi connectivity index (χ4v) is 2.74. The number of hydrogen-bond acceptors (Lipinski definition) is 1. The van der Waals surface area contributed by atoms with E-state index in [1.807, 2.05) is 60.7 Å². The quantitative estimate of drug-likeness (QED) is 0.590. The molecule has 0 spiro atoms. The molecule has 0 aliphatic heterocycles. The Kier molecular flexibility index (Phi) is 4.62. The smallest absolute Gasteiger partial charge is 0.163 e. The fraction of sp³-hybridized carbons (Fsp3) is 0.0952. The van der Waals surface area contributed by atoms with Crippen LogP contribution in [-0.2, 0) is 0 Å². The molecule has 0 radical (unpaired) electrons. The van der Waals surface area contributed by atoms with E-state index in [9.17, 15) is 9.18 Å². The minimum absolute atomic E-state index is 0.0792. The Hall–Kier alpha value is -2.74. The molecule has 0 amide bonds. The van der Waals surface area contributed by atoms with Crippen LogP contribution in [0.2, 0.25) is 0 Å². The summed E-state index contributed by atoms with van der Waals surface area (Å²) in [5.41, 5.74) is 2.71. The second-order valence-electron chi connectivity index (χ2n) is 5.51. The predicted octanol–water partition coefficient (Wildman–Crippen LogP) is 5.23. The molecular weight excluding hydrogens is 287 g/mol. The summed E-state index contributed by atoms with van der Waals surface area (Å²) in [6.07, 6.45) is 0.361. The van der Waals surface area contributed by atoms with Crippen molar-refractivity contribution in [3.63, 3.8) is 0 Å². The molecule has 0 saturated heterocycles. The largest absolute Gasteiger partial charge is 0.294 e. The molecule has 1 atom stereocenters. The van der Waals surface area contributed by atoms with Gasteiger partial charge in [-0.2, -0.15) is 0 Å². The maximum absolute atomic E-state index is 13.2. The van der Waals surface area contributed by atoms with Crippen molar-refractivity contribution in [1.29, 1.82) is 0 Å². The van der Waals surface area contributed by atoms with E-state index >= 15 is 0 Å². The molecule has 3 aromatic carbocycles. The maximum Gasteiger partial charge on any atom is 0.163 e. The molecular formula is C21H17FO. The van der Waals surface area contributed by atoms with Gasteiger partial charge in [0.05, 0.1) is 0 Å². The van der Waals surface area contributed by atoms with Crippen LogP contribution in [0.3, 0.4) is 0 Å². The van der Waals surface area contributed by atoms with Crippen LogP contribution in [0.25, 0.3) is 0 Å². The van der Waals surface area contributed by atoms with Crippen molar-refractivity contribution < 1.29 is 9.18 Å². The summed E-state index contributed by atoms with van der Waals surface area (Å²) in [7, 11) is 0. The van der Waals surface area contributed by atoms with E-state index in [-0.39, 0.29) is 17.5 Å². The highest BCUT2D eigenvalue weighted by Crippen LogP contribution is 2.29. The lowest BCUT2D eigenvalue weighted by molar-refractivity contribution is 0.0977. The van der Waals surface area contributed by atoms with Gasteiger partial charge in [-0.3, -0.25) is 4.79 Å². The third-order valence-corrected chi connectivity index (χ3v) is 3.96. The highest BCUT2D eigenvalue weighted by molar-refractivity contribution is 5.96. The standard InChI is InChI=1S/C21H17FO/c22-19-13-11-17(12-14-19)20(16-7-3-1-4-8-16)15-21(23)18-9-5-2-6-10-18/h1-14,20H,15H2/t20-/m1/s1. The zero-order valence-corrected chi connectivity index (χ0v) is 12.7. The molecule has 0 aromatic heterocycles. The van der Waals surface area contributed by atoms with Crippen molar-refractivity contribution in [1.82, 2.24) is 0 Å². The van der Waals surface area contributed by atoms with Crippen LogP contribution in [0.4, 0.5) is 4.39 Å². The number of carbonyl (C=O) groups is 1. The molecule has 1 nitrogen and oxygen atoms in total. The number of ketones is 1. The van der Waals surface area contributed by atoms with E-state index in [1.54, 1.807) is 12.1 Å². The molecule has 23 heavy (non-hydrogen) atoms. The van der Waals surface area contributed by atoms with Crippen LogP contribution in [-0.4, -0.2) is 5.78 Å². The topological polar surface area (TPSA) is 17.1 Å². The monoisotopic (exact) mass is 304 g/mol. The summed E-state index contributed by atoms with van der Waals surface area (Å²) in [6.45, 7) is 0. The summed E-state index contributed by atoms with van der Waals surface area (Å²) in [4.78, 5) is 12.6. The van der Waals surface area contributed by atoms with Crippen molar-refractivity contribution in [2.24, 2.45) is 0 Å². The number of halogens is 1. The Morgan fingerprint density at radius 3 is 1.87 bits per heavy atom. The zero-order valence-electron chi connectivity index (χ0n) is 12.7. The van der Waals surface area contributed by atoms with Crippen molar-refractivity contribution in [2.75, 3.05) is 0 Å². The number of rotatable bonds is 5. The molecule has 3 aromatic rings. The average Bonchev–Trinajstić information content (AvgIpc) is 2.62. The Morgan fingerprint density at radius 1 is 0.739 bits per heavy atom. The van der Waals surface area contributed by atoms with Gasteiger partial charge in [-0.05, 0) is 23.3 Å². The molecule has 0 aliphatic rings. The third-order valence-electron chi connectivity index (χ3n) is 3.96. The normalized spacial score (nSPS) is 11.9. The van der Waals surface area contributed by atoms with Gasteiger partial charge in [0.15, 0.2) is 5.78 Å². The van der Waals surface area contributed by atoms with Gasteiger partial charge < -0.3 is 0 Å². The molecule has 0 fully saturated rings. The summed E-state index contributed by atoms with van der Waals surface area (Å²) < 4.78 is 13.2. The molecule has 0 heterocycles. The molecule has 0 saturated carbocycles. The van der Waals surface area contributed by atoms with Gasteiger partial charge in [-0.15, -0.1) is 0 Å². The van der Waals surface area contributed by atoms with E-state index < -0.39 is 0 Å². The lowest BCUT2D eigenvalue weighted by Crippen LogP contribution is -2.09. The highest BCUT2D eigenvalue weighted by atomic mass is 19.1. The van der Waals surface area contributed by atoms with Gasteiger partial charge in [0.25, 0.3) is 0 Å². The number of benzene rings is 3. The summed E-state index contributed by atoms with van der Waals surface area (Å²) in [6, 6.07) is 25.6. The summed E-state index contributed by atoms with van der Waals surface area (Å²) in [5, 5.41) is 0. The number of carbonyl (C=O) groups excluding carboxylic acids is 1. The van der Waals surface area contributed by atoms with E-state index in [2.05, 4.69) is 0 Å². The SMILES string of the molecule is O=C(C[C@H](c1ccccc1)c1ccc(F)cc1)c1ccccc1. The van der Waals surface area contributed by atoms with Gasteiger partial charge >= 0.3 is 0 Å². The third kappa shape index (κ3) is 3.72. The molecule has 2 heteroatoms. The van der Waals surface area contributed by atoms with Crippen molar-refractivity contribution in [2.45, 2.75) is 12.3 Å². The lowest BCUT2D eigenvalue weighted by Gasteiger charge is -2.17. The first-order valence-electron chi connectivity index (χ1n) is 7.62. The highest BCUT2D eigenvalue weighted by Gasteiger charge is 2.19. The van der Waals surface area contributed by atoms with Gasteiger partial charge in [0, 0.05) is 17.9 Å². The van der Waals surface area contributed by atoms with Crippen LogP contribution in [0.1, 0.15) is 33.8 Å². The van der Waals surface area contributed by atoms with Crippen LogP contribution < -0.4 is 0 Å². The number of Topliss-reactive ketones (excluding diaryl/α,β-unsaturated/α-hetero) is 1. The van der Waals surface area contributed by atoms with E-state index in [0.29, 0.717) is 12.0 Å². The van der Waals surface area contributed by atoms with E-state index in [0.717, 1.165) is 11.1 Å². The second-order valence-corrected chi connectivity index (χ2v) is 5.51. The van der Waals surface area contributed by atoms with Gasteiger partial charge in [0.1, 0.15) is 5.82 Å². The molecule has 0 aliphatic carbocycles. The van der Waals surface area contributed by atoms with E-state index in [1.165, 1.54) is 12.1 Å². The molecule has 0 unspecified atom stereocenters. The van der Waals surface area contributed by atoms with Gasteiger partial charge in [0.2, 0.25) is 0 Å². The fourth-order valence-electron chi connectivity index (χ4n) is 2.74. The molecule has 114 valence electrons. The van der Waals surface area contributed by atoms with Crippen molar-refractivity contribution >= 4 is 5.78 Å². The number of hydrogen-bond donors (Lipinski definition) is 0. The van der Waals surface area contributed by atoms with E-state index in [4.69, 9.17) is 0 Å². The Balaban J connectivity index is 1.93. The van der Waals surface area contributed by atoms with Crippen LogP contribution >= 0.6 is 0 Å². The first kappa shape index (κ1) is 15.2. The molecule has 0 N–H and O–H groups in total. The first-order chi connectivity index (χ1) is 11.2. The molecule has 0 bridgehead atoms. The average molecular weight is 304 g/mol. The van der Waals surface area contributed by atoms with Gasteiger partial charge in [-0.25, -0.2) is 4.39 Å². The van der Waals surface area contributed by atoms with Crippen molar-refractivity contribution in [3.8, 4) is 0 Å². The van der Waals surface area contributed by atoms with Crippen LogP contribution in [0.15, 0.2) is 84.9 Å².